The summed E-state index contributed by atoms with van der Waals surface area (Å²) in [6.45, 7) is 4.63. The summed E-state index contributed by atoms with van der Waals surface area (Å²) in [5, 5.41) is 14.3. The monoisotopic (exact) mass is 374 g/mol. The van der Waals surface area contributed by atoms with E-state index in [4.69, 9.17) is 0 Å². The maximum Gasteiger partial charge on any atom is 0.282 e. The number of nitro benzene ring substituents is 1. The molecule has 0 unspecified atom stereocenters. The number of halogens is 1. The van der Waals surface area contributed by atoms with Crippen molar-refractivity contribution in [2.75, 3.05) is 5.32 Å². The standard InChI is InChI=1S/C14H19IN2O2/c1-14(2)7-5-10(6-8-14)16-11-3-4-13(17(18)19)12(15)9-11/h3-4,9-10,16H,5-8H2,1-2H3. The lowest BCUT2D eigenvalue weighted by molar-refractivity contribution is -0.385. The summed E-state index contributed by atoms with van der Waals surface area (Å²) in [6, 6.07) is 5.74. The quantitative estimate of drug-likeness (QED) is 0.479. The second-order valence-electron chi connectivity index (χ2n) is 6.01. The molecule has 0 saturated heterocycles. The van der Waals surface area contributed by atoms with E-state index in [1.54, 1.807) is 12.1 Å². The smallest absolute Gasteiger partial charge is 0.282 e. The van der Waals surface area contributed by atoms with Gasteiger partial charge >= 0.3 is 0 Å². The van der Waals surface area contributed by atoms with Crippen molar-refractivity contribution in [2.24, 2.45) is 5.41 Å². The Morgan fingerprint density at radius 3 is 2.53 bits per heavy atom. The highest BCUT2D eigenvalue weighted by atomic mass is 127. The number of hydrogen-bond acceptors (Lipinski definition) is 3. The Bertz CT molecular complexity index is 478. The SMILES string of the molecule is CC1(C)CCC(Nc2ccc([N+](=O)[O-])c(I)c2)CC1. The van der Waals surface area contributed by atoms with Crippen LogP contribution < -0.4 is 5.32 Å². The fourth-order valence-electron chi connectivity index (χ4n) is 2.52. The predicted octanol–water partition coefficient (Wildman–Crippen LogP) is 4.58. The lowest BCUT2D eigenvalue weighted by atomic mass is 9.75. The van der Waals surface area contributed by atoms with Crippen molar-refractivity contribution in [3.05, 3.63) is 31.9 Å². The van der Waals surface area contributed by atoms with Gasteiger partial charge in [0.2, 0.25) is 0 Å². The summed E-state index contributed by atoms with van der Waals surface area (Å²) in [6.07, 6.45) is 4.80. The van der Waals surface area contributed by atoms with E-state index in [9.17, 15) is 10.1 Å². The van der Waals surface area contributed by atoms with Crippen molar-refractivity contribution < 1.29 is 4.92 Å². The van der Waals surface area contributed by atoms with E-state index in [0.29, 0.717) is 15.0 Å². The molecule has 0 radical (unpaired) electrons. The average Bonchev–Trinajstić information content (AvgIpc) is 2.31. The fourth-order valence-corrected chi connectivity index (χ4v) is 3.24. The van der Waals surface area contributed by atoms with Crippen LogP contribution in [0.3, 0.4) is 0 Å². The predicted molar refractivity (Wildman–Crippen MR) is 85.5 cm³/mol. The van der Waals surface area contributed by atoms with E-state index < -0.39 is 0 Å². The number of nitro groups is 1. The van der Waals surface area contributed by atoms with Gasteiger partial charge < -0.3 is 5.32 Å². The molecule has 4 nitrogen and oxygen atoms in total. The van der Waals surface area contributed by atoms with Crippen molar-refractivity contribution in [2.45, 2.75) is 45.6 Å². The largest absolute Gasteiger partial charge is 0.382 e. The Hall–Kier alpha value is -0.850. The van der Waals surface area contributed by atoms with Gasteiger partial charge in [0.15, 0.2) is 0 Å². The maximum absolute atomic E-state index is 10.8. The van der Waals surface area contributed by atoms with Crippen LogP contribution in [-0.2, 0) is 0 Å². The van der Waals surface area contributed by atoms with E-state index in [1.807, 2.05) is 28.7 Å². The van der Waals surface area contributed by atoms with Gasteiger partial charge in [0.05, 0.1) is 8.49 Å². The van der Waals surface area contributed by atoms with Crippen LogP contribution >= 0.6 is 22.6 Å². The molecule has 104 valence electrons. The van der Waals surface area contributed by atoms with Crippen molar-refractivity contribution in [1.82, 2.24) is 0 Å². The van der Waals surface area contributed by atoms with Gasteiger partial charge in [-0.2, -0.15) is 0 Å². The summed E-state index contributed by atoms with van der Waals surface area (Å²) < 4.78 is 0.684. The van der Waals surface area contributed by atoms with Crippen LogP contribution in [0, 0.1) is 19.1 Å². The highest BCUT2D eigenvalue weighted by Gasteiger charge is 2.26. The second-order valence-corrected chi connectivity index (χ2v) is 7.17. The van der Waals surface area contributed by atoms with Crippen molar-refractivity contribution in [3.63, 3.8) is 0 Å². The maximum atomic E-state index is 10.8. The first-order chi connectivity index (χ1) is 8.87. The topological polar surface area (TPSA) is 55.2 Å². The summed E-state index contributed by atoms with van der Waals surface area (Å²) in [4.78, 5) is 10.4. The minimum atomic E-state index is -0.339. The first-order valence-electron chi connectivity index (χ1n) is 6.58. The van der Waals surface area contributed by atoms with Crippen molar-refractivity contribution in [1.29, 1.82) is 0 Å². The Balaban J connectivity index is 2.01. The number of rotatable bonds is 3. The molecule has 0 amide bonds. The zero-order chi connectivity index (χ0) is 14.0. The normalized spacial score (nSPS) is 19.1. The molecule has 1 aliphatic rings. The molecule has 1 aliphatic carbocycles. The third-order valence-electron chi connectivity index (χ3n) is 3.85. The average molecular weight is 374 g/mol. The zero-order valence-corrected chi connectivity index (χ0v) is 13.4. The van der Waals surface area contributed by atoms with Crippen LogP contribution in [0.15, 0.2) is 18.2 Å². The minimum absolute atomic E-state index is 0.177. The molecule has 0 aliphatic heterocycles. The van der Waals surface area contributed by atoms with Crippen LogP contribution in [0.5, 0.6) is 0 Å². The number of hydrogen-bond donors (Lipinski definition) is 1. The molecule has 1 aromatic rings. The van der Waals surface area contributed by atoms with E-state index in [2.05, 4.69) is 19.2 Å². The molecule has 1 aromatic carbocycles. The van der Waals surface area contributed by atoms with Crippen LogP contribution in [0.2, 0.25) is 0 Å². The van der Waals surface area contributed by atoms with Gasteiger partial charge in [-0.25, -0.2) is 0 Å². The Labute approximate surface area is 127 Å². The molecule has 0 heterocycles. The number of benzene rings is 1. The van der Waals surface area contributed by atoms with Crippen LogP contribution in [0.4, 0.5) is 11.4 Å². The Morgan fingerprint density at radius 2 is 2.00 bits per heavy atom. The molecular weight excluding hydrogens is 355 g/mol. The summed E-state index contributed by atoms with van der Waals surface area (Å²) in [5.74, 6) is 0. The van der Waals surface area contributed by atoms with E-state index in [0.717, 1.165) is 5.69 Å². The number of anilines is 1. The third-order valence-corrected chi connectivity index (χ3v) is 4.72. The van der Waals surface area contributed by atoms with Gasteiger partial charge in [-0.3, -0.25) is 10.1 Å². The highest BCUT2D eigenvalue weighted by Crippen LogP contribution is 2.36. The Morgan fingerprint density at radius 1 is 1.37 bits per heavy atom. The molecule has 0 atom stereocenters. The number of nitrogens with zero attached hydrogens (tertiary/aromatic N) is 1. The Kier molecular flexibility index (Phi) is 4.32. The lowest BCUT2D eigenvalue weighted by Gasteiger charge is -2.35. The molecule has 2 rings (SSSR count). The molecule has 0 bridgehead atoms. The van der Waals surface area contributed by atoms with Crippen LogP contribution in [0.1, 0.15) is 39.5 Å². The van der Waals surface area contributed by atoms with Crippen molar-refractivity contribution >= 4 is 34.0 Å². The molecule has 1 saturated carbocycles. The van der Waals surface area contributed by atoms with E-state index in [-0.39, 0.29) is 10.6 Å². The van der Waals surface area contributed by atoms with Gasteiger partial charge in [0, 0.05) is 17.8 Å². The minimum Gasteiger partial charge on any atom is -0.382 e. The first kappa shape index (κ1) is 14.6. The summed E-state index contributed by atoms with van der Waals surface area (Å²) in [5.41, 5.74) is 1.62. The fraction of sp³-hybridized carbons (Fsp3) is 0.571. The molecule has 0 spiro atoms. The van der Waals surface area contributed by atoms with Gasteiger partial charge in [-0.15, -0.1) is 0 Å². The van der Waals surface area contributed by atoms with E-state index in [1.165, 1.54) is 25.7 Å². The lowest BCUT2D eigenvalue weighted by Crippen LogP contribution is -2.29. The van der Waals surface area contributed by atoms with E-state index >= 15 is 0 Å². The van der Waals surface area contributed by atoms with Crippen molar-refractivity contribution in [3.8, 4) is 0 Å². The van der Waals surface area contributed by atoms with Crippen LogP contribution in [0.25, 0.3) is 0 Å². The molecule has 0 aromatic heterocycles. The molecular formula is C14H19IN2O2. The molecule has 5 heteroatoms. The second kappa shape index (κ2) is 5.64. The van der Waals surface area contributed by atoms with Gasteiger partial charge in [0.1, 0.15) is 0 Å². The summed E-state index contributed by atoms with van der Waals surface area (Å²) in [7, 11) is 0. The zero-order valence-electron chi connectivity index (χ0n) is 11.3. The first-order valence-corrected chi connectivity index (χ1v) is 7.66. The van der Waals surface area contributed by atoms with Crippen LogP contribution in [-0.4, -0.2) is 11.0 Å². The van der Waals surface area contributed by atoms with Gasteiger partial charge in [0.25, 0.3) is 5.69 Å². The van der Waals surface area contributed by atoms with Gasteiger partial charge in [-0.1, -0.05) is 13.8 Å². The molecule has 1 N–H and O–H groups in total. The number of nitrogens with one attached hydrogen (secondary N) is 1. The molecule has 19 heavy (non-hydrogen) atoms. The molecule has 1 fully saturated rings. The third kappa shape index (κ3) is 3.81. The van der Waals surface area contributed by atoms with Gasteiger partial charge in [-0.05, 0) is 65.8 Å². The highest BCUT2D eigenvalue weighted by molar-refractivity contribution is 14.1. The summed E-state index contributed by atoms with van der Waals surface area (Å²) >= 11 is 2.02.